The van der Waals surface area contributed by atoms with Crippen LogP contribution in [-0.4, -0.2) is 31.6 Å². The second-order valence-corrected chi connectivity index (χ2v) is 8.82. The van der Waals surface area contributed by atoms with Gasteiger partial charge in [-0.3, -0.25) is 9.59 Å². The highest BCUT2D eigenvalue weighted by atomic mass is 16.7. The molecular formula is C32H32O6. The first kappa shape index (κ1) is 28.3. The van der Waals surface area contributed by atoms with Gasteiger partial charge in [0.15, 0.2) is 6.10 Å². The number of ketones is 1. The van der Waals surface area contributed by atoms with Gasteiger partial charge in [0.25, 0.3) is 0 Å². The van der Waals surface area contributed by atoms with E-state index in [1.807, 2.05) is 42.5 Å². The molecule has 0 fully saturated rings. The van der Waals surface area contributed by atoms with Gasteiger partial charge in [-0.1, -0.05) is 66.3 Å². The van der Waals surface area contributed by atoms with Crippen molar-refractivity contribution in [2.24, 2.45) is 11.8 Å². The molecular weight excluding hydrogens is 480 g/mol. The minimum Gasteiger partial charge on any atom is -0.465 e. The molecule has 0 bridgehead atoms. The lowest BCUT2D eigenvalue weighted by Crippen LogP contribution is -2.26. The third-order valence-corrected chi connectivity index (χ3v) is 6.11. The maximum Gasteiger partial charge on any atom is 0.509 e. The van der Waals surface area contributed by atoms with Crippen LogP contribution in [0.4, 0.5) is 4.79 Å². The van der Waals surface area contributed by atoms with Crippen LogP contribution < -0.4 is 0 Å². The van der Waals surface area contributed by atoms with Gasteiger partial charge < -0.3 is 14.2 Å². The van der Waals surface area contributed by atoms with E-state index in [9.17, 15) is 14.4 Å². The van der Waals surface area contributed by atoms with E-state index in [0.29, 0.717) is 22.3 Å². The van der Waals surface area contributed by atoms with Crippen molar-refractivity contribution in [2.45, 2.75) is 45.6 Å². The Kier molecular flexibility index (Phi) is 10.8. The number of hydrogen-bond donors (Lipinski definition) is 0. The smallest absolute Gasteiger partial charge is 0.465 e. The van der Waals surface area contributed by atoms with E-state index in [4.69, 9.17) is 14.2 Å². The van der Waals surface area contributed by atoms with Crippen LogP contribution in [0.2, 0.25) is 0 Å². The molecule has 3 rings (SSSR count). The molecule has 38 heavy (non-hydrogen) atoms. The van der Waals surface area contributed by atoms with Gasteiger partial charge in [-0.05, 0) is 63.1 Å². The van der Waals surface area contributed by atoms with Crippen molar-refractivity contribution in [3.8, 4) is 23.7 Å². The monoisotopic (exact) mass is 512 g/mol. The quantitative estimate of drug-likeness (QED) is 0.209. The van der Waals surface area contributed by atoms with Crippen molar-refractivity contribution >= 4 is 17.9 Å². The molecule has 0 saturated heterocycles. The lowest BCUT2D eigenvalue weighted by atomic mass is 9.93. The summed E-state index contributed by atoms with van der Waals surface area (Å²) in [6.07, 6.45) is 5.81. The summed E-state index contributed by atoms with van der Waals surface area (Å²) in [4.78, 5) is 36.6. The molecule has 0 saturated carbocycles. The molecule has 0 amide bonds. The summed E-state index contributed by atoms with van der Waals surface area (Å²) >= 11 is 0. The van der Waals surface area contributed by atoms with E-state index < -0.39 is 24.1 Å². The third-order valence-electron chi connectivity index (χ3n) is 6.11. The van der Waals surface area contributed by atoms with Crippen LogP contribution in [0.5, 0.6) is 0 Å². The summed E-state index contributed by atoms with van der Waals surface area (Å²) in [5, 5.41) is 0. The molecule has 0 aromatic heterocycles. The van der Waals surface area contributed by atoms with Gasteiger partial charge in [0.2, 0.25) is 0 Å². The molecule has 1 aliphatic rings. The number of esters is 1. The minimum atomic E-state index is -0.948. The SMILES string of the molecule is CCOC(=O)C(Cc1ccccc1C#CC(OC(=O)OC)c1ccccc1C#CC1C=CCCC1)C(C)=O. The second kappa shape index (κ2) is 14.4. The van der Waals surface area contributed by atoms with Gasteiger partial charge in [-0.2, -0.15) is 0 Å². The number of ether oxygens (including phenoxy) is 3. The Balaban J connectivity index is 1.96. The van der Waals surface area contributed by atoms with Crippen molar-refractivity contribution < 1.29 is 28.6 Å². The molecule has 0 spiro atoms. The molecule has 3 unspecified atom stereocenters. The molecule has 196 valence electrons. The molecule has 2 aromatic rings. The number of rotatable bonds is 7. The van der Waals surface area contributed by atoms with Crippen molar-refractivity contribution in [3.05, 3.63) is 82.9 Å². The number of Topliss-reactive ketones (excluding diaryl/α,β-unsaturated/α-hetero) is 1. The number of methoxy groups -OCH3 is 1. The predicted molar refractivity (Wildman–Crippen MR) is 144 cm³/mol. The summed E-state index contributed by atoms with van der Waals surface area (Å²) < 4.78 is 15.3. The zero-order valence-electron chi connectivity index (χ0n) is 22.0. The van der Waals surface area contributed by atoms with E-state index in [0.717, 1.165) is 19.3 Å². The highest BCUT2D eigenvalue weighted by Crippen LogP contribution is 2.23. The zero-order chi connectivity index (χ0) is 27.3. The maximum absolute atomic E-state index is 12.4. The highest BCUT2D eigenvalue weighted by molar-refractivity contribution is 5.98. The summed E-state index contributed by atoms with van der Waals surface area (Å²) in [7, 11) is 1.24. The maximum atomic E-state index is 12.4. The van der Waals surface area contributed by atoms with E-state index in [1.165, 1.54) is 14.0 Å². The van der Waals surface area contributed by atoms with Crippen LogP contribution in [0.1, 0.15) is 61.5 Å². The van der Waals surface area contributed by atoms with Crippen LogP contribution >= 0.6 is 0 Å². The number of allylic oxidation sites excluding steroid dienone is 2. The molecule has 0 N–H and O–H groups in total. The molecule has 1 aliphatic carbocycles. The Morgan fingerprint density at radius 2 is 1.76 bits per heavy atom. The Hall–Kier alpha value is -4.29. The standard InChI is InChI=1S/C32H32O6/c1-4-37-31(34)29(23(2)33)22-27-16-9-8-14-25(27)20-21-30(38-32(35)36-3)28-17-11-10-15-26(28)19-18-24-12-6-5-7-13-24/h6,8-12,14-17,24,29-30H,4-5,7,13,22H2,1-3H3. The summed E-state index contributed by atoms with van der Waals surface area (Å²) in [6.45, 7) is 3.26. The summed E-state index contributed by atoms with van der Waals surface area (Å²) in [5.74, 6) is 11.1. The predicted octanol–water partition coefficient (Wildman–Crippen LogP) is 5.58. The zero-order valence-corrected chi connectivity index (χ0v) is 22.0. The van der Waals surface area contributed by atoms with Gasteiger partial charge in [-0.25, -0.2) is 4.79 Å². The van der Waals surface area contributed by atoms with Crippen molar-refractivity contribution in [1.29, 1.82) is 0 Å². The van der Waals surface area contributed by atoms with Crippen LogP contribution in [0, 0.1) is 35.5 Å². The lowest BCUT2D eigenvalue weighted by Gasteiger charge is -2.15. The number of hydrogen-bond acceptors (Lipinski definition) is 6. The fourth-order valence-electron chi connectivity index (χ4n) is 4.08. The van der Waals surface area contributed by atoms with Crippen LogP contribution in [-0.2, 0) is 30.2 Å². The first-order chi connectivity index (χ1) is 18.4. The summed E-state index contributed by atoms with van der Waals surface area (Å²) in [5.41, 5.74) is 2.67. The van der Waals surface area contributed by atoms with Gasteiger partial charge >= 0.3 is 12.1 Å². The number of carbonyl (C=O) groups excluding carboxylic acids is 3. The number of benzene rings is 2. The molecule has 0 heterocycles. The summed E-state index contributed by atoms with van der Waals surface area (Å²) in [6, 6.07) is 14.6. The Bertz CT molecular complexity index is 1300. The first-order valence-electron chi connectivity index (χ1n) is 12.7. The van der Waals surface area contributed by atoms with Crippen molar-refractivity contribution in [3.63, 3.8) is 0 Å². The normalized spacial score (nSPS) is 15.5. The van der Waals surface area contributed by atoms with E-state index >= 15 is 0 Å². The Morgan fingerprint density at radius 1 is 1.03 bits per heavy atom. The lowest BCUT2D eigenvalue weighted by molar-refractivity contribution is -0.151. The topological polar surface area (TPSA) is 78.9 Å². The van der Waals surface area contributed by atoms with E-state index in [-0.39, 0.29) is 24.7 Å². The average Bonchev–Trinajstić information content (AvgIpc) is 2.93. The van der Waals surface area contributed by atoms with Gasteiger partial charge in [0.1, 0.15) is 11.7 Å². The van der Waals surface area contributed by atoms with Gasteiger partial charge in [-0.15, -0.1) is 0 Å². The first-order valence-corrected chi connectivity index (χ1v) is 12.7. The van der Waals surface area contributed by atoms with E-state index in [2.05, 4.69) is 35.8 Å². The minimum absolute atomic E-state index is 0.151. The van der Waals surface area contributed by atoms with Gasteiger partial charge in [0, 0.05) is 22.6 Å². The van der Waals surface area contributed by atoms with Gasteiger partial charge in [0.05, 0.1) is 13.7 Å². The van der Waals surface area contributed by atoms with Crippen molar-refractivity contribution in [2.75, 3.05) is 13.7 Å². The Morgan fingerprint density at radius 3 is 2.45 bits per heavy atom. The molecule has 3 atom stereocenters. The molecule has 2 aromatic carbocycles. The third kappa shape index (κ3) is 8.11. The largest absolute Gasteiger partial charge is 0.509 e. The van der Waals surface area contributed by atoms with E-state index in [1.54, 1.807) is 13.0 Å². The molecule has 0 radical (unpaired) electrons. The average molecular weight is 513 g/mol. The van der Waals surface area contributed by atoms with Crippen LogP contribution in [0.3, 0.4) is 0 Å². The molecule has 6 nitrogen and oxygen atoms in total. The molecule has 0 aliphatic heterocycles. The van der Waals surface area contributed by atoms with Crippen molar-refractivity contribution in [1.82, 2.24) is 0 Å². The van der Waals surface area contributed by atoms with Crippen LogP contribution in [0.15, 0.2) is 60.7 Å². The Labute approximate surface area is 224 Å². The fourth-order valence-corrected chi connectivity index (χ4v) is 4.08. The highest BCUT2D eigenvalue weighted by Gasteiger charge is 2.26. The van der Waals surface area contributed by atoms with Crippen LogP contribution in [0.25, 0.3) is 0 Å². The second-order valence-electron chi connectivity index (χ2n) is 8.82. The fraction of sp³-hybridized carbons (Fsp3) is 0.344. The molecule has 6 heteroatoms. The number of carbonyl (C=O) groups is 3.